The maximum Gasteiger partial charge on any atom is 0.319 e. The molecule has 3 amide bonds. The Balaban J connectivity index is 1.81. The molecule has 0 fully saturated rings. The first-order valence-electron chi connectivity index (χ1n) is 8.49. The number of amides is 3. The molecular formula is C19H23N7O2. The molecule has 0 radical (unpaired) electrons. The first-order valence-corrected chi connectivity index (χ1v) is 8.49. The largest absolute Gasteiger partial charge is 0.384 e. The fourth-order valence-electron chi connectivity index (χ4n) is 2.31. The molecule has 2 rings (SSSR count). The van der Waals surface area contributed by atoms with Crippen molar-refractivity contribution in [2.24, 2.45) is 11.5 Å². The summed E-state index contributed by atoms with van der Waals surface area (Å²) in [6.45, 7) is 1.86. The minimum atomic E-state index is -0.743. The van der Waals surface area contributed by atoms with Crippen LogP contribution in [0.2, 0.25) is 0 Å². The topological polar surface area (TPSA) is 170 Å². The highest BCUT2D eigenvalue weighted by molar-refractivity contribution is 5.97. The lowest BCUT2D eigenvalue weighted by molar-refractivity contribution is -0.122. The molecule has 0 heterocycles. The van der Waals surface area contributed by atoms with Gasteiger partial charge in [-0.05, 0) is 36.8 Å². The van der Waals surface area contributed by atoms with E-state index in [1.54, 1.807) is 55.5 Å². The number of nitrogens with one attached hydrogen (secondary N) is 5. The summed E-state index contributed by atoms with van der Waals surface area (Å²) in [5.74, 6) is -0.412. The van der Waals surface area contributed by atoms with Gasteiger partial charge in [-0.25, -0.2) is 4.79 Å². The van der Waals surface area contributed by atoms with Gasteiger partial charge in [0.2, 0.25) is 5.91 Å². The van der Waals surface area contributed by atoms with Crippen molar-refractivity contribution in [2.45, 2.75) is 19.5 Å². The van der Waals surface area contributed by atoms with Gasteiger partial charge in [0.05, 0.1) is 0 Å². The maximum atomic E-state index is 12.2. The molecule has 1 atom stereocenters. The normalized spacial score (nSPS) is 11.2. The molecule has 0 saturated heterocycles. The number of hydrogen-bond acceptors (Lipinski definition) is 4. The van der Waals surface area contributed by atoms with Crippen LogP contribution in [-0.4, -0.2) is 29.7 Å². The molecule has 0 aromatic heterocycles. The predicted octanol–water partition coefficient (Wildman–Crippen LogP) is 1.08. The molecule has 28 heavy (non-hydrogen) atoms. The Morgan fingerprint density at radius 2 is 1.43 bits per heavy atom. The zero-order valence-corrected chi connectivity index (χ0v) is 15.4. The quantitative estimate of drug-likeness (QED) is 0.281. The van der Waals surface area contributed by atoms with Crippen LogP contribution in [0.4, 0.5) is 10.5 Å². The van der Waals surface area contributed by atoms with E-state index in [1.807, 2.05) is 0 Å². The van der Waals surface area contributed by atoms with Crippen molar-refractivity contribution in [1.29, 1.82) is 10.8 Å². The van der Waals surface area contributed by atoms with Crippen molar-refractivity contribution in [3.63, 3.8) is 0 Å². The number of nitrogen functional groups attached to an aromatic ring is 2. The minimum absolute atomic E-state index is 0.0182. The summed E-state index contributed by atoms with van der Waals surface area (Å²) in [6.07, 6.45) is 0. The van der Waals surface area contributed by atoms with E-state index in [0.717, 1.165) is 5.56 Å². The SMILES string of the molecule is C[C@H](NC(=O)Nc1ccc(C(=N)N)cc1)C(=O)NCc1ccc(C(=N)N)cc1. The van der Waals surface area contributed by atoms with Gasteiger partial charge in [-0.2, -0.15) is 0 Å². The van der Waals surface area contributed by atoms with Gasteiger partial charge in [-0.3, -0.25) is 15.6 Å². The molecular weight excluding hydrogens is 358 g/mol. The van der Waals surface area contributed by atoms with E-state index < -0.39 is 12.1 Å². The fraction of sp³-hybridized carbons (Fsp3) is 0.158. The van der Waals surface area contributed by atoms with Crippen LogP contribution in [-0.2, 0) is 11.3 Å². The van der Waals surface area contributed by atoms with Crippen LogP contribution in [0.3, 0.4) is 0 Å². The second-order valence-corrected chi connectivity index (χ2v) is 6.14. The summed E-state index contributed by atoms with van der Waals surface area (Å²) in [7, 11) is 0. The van der Waals surface area contributed by atoms with E-state index in [0.29, 0.717) is 16.8 Å². The predicted molar refractivity (Wildman–Crippen MR) is 108 cm³/mol. The number of urea groups is 1. The van der Waals surface area contributed by atoms with Gasteiger partial charge in [-0.1, -0.05) is 24.3 Å². The highest BCUT2D eigenvalue weighted by atomic mass is 16.2. The number of carbonyl (C=O) groups excluding carboxylic acids is 2. The number of hydrogen-bond donors (Lipinski definition) is 7. The molecule has 0 unspecified atom stereocenters. The van der Waals surface area contributed by atoms with Crippen molar-refractivity contribution < 1.29 is 9.59 Å². The van der Waals surface area contributed by atoms with Gasteiger partial charge >= 0.3 is 6.03 Å². The molecule has 0 aliphatic heterocycles. The van der Waals surface area contributed by atoms with Gasteiger partial charge in [0.15, 0.2) is 0 Å². The van der Waals surface area contributed by atoms with Gasteiger partial charge < -0.3 is 27.4 Å². The van der Waals surface area contributed by atoms with Crippen LogP contribution in [0.25, 0.3) is 0 Å². The van der Waals surface area contributed by atoms with E-state index in [2.05, 4.69) is 16.0 Å². The van der Waals surface area contributed by atoms with Crippen molar-refractivity contribution in [3.05, 3.63) is 65.2 Å². The molecule has 0 spiro atoms. The lowest BCUT2D eigenvalue weighted by atomic mass is 10.1. The monoisotopic (exact) mass is 381 g/mol. The summed E-state index contributed by atoms with van der Waals surface area (Å²) < 4.78 is 0. The molecule has 0 aliphatic rings. The number of benzene rings is 2. The number of rotatable bonds is 7. The van der Waals surface area contributed by atoms with Crippen LogP contribution in [0.5, 0.6) is 0 Å². The average molecular weight is 381 g/mol. The highest BCUT2D eigenvalue weighted by Gasteiger charge is 2.15. The maximum absolute atomic E-state index is 12.2. The van der Waals surface area contributed by atoms with E-state index in [4.69, 9.17) is 22.3 Å². The summed E-state index contributed by atoms with van der Waals surface area (Å²) in [5, 5.41) is 22.6. The second-order valence-electron chi connectivity index (χ2n) is 6.14. The molecule has 0 bridgehead atoms. The summed E-state index contributed by atoms with van der Waals surface area (Å²) in [5.41, 5.74) is 13.3. The molecule has 0 aliphatic carbocycles. The number of amidine groups is 2. The van der Waals surface area contributed by atoms with Gasteiger partial charge in [0.1, 0.15) is 17.7 Å². The van der Waals surface area contributed by atoms with Crippen LogP contribution in [0.15, 0.2) is 48.5 Å². The smallest absolute Gasteiger partial charge is 0.319 e. The van der Waals surface area contributed by atoms with Crippen molar-refractivity contribution >= 4 is 29.3 Å². The Labute approximate surface area is 162 Å². The van der Waals surface area contributed by atoms with Crippen molar-refractivity contribution in [3.8, 4) is 0 Å². The Hall–Kier alpha value is -3.88. The van der Waals surface area contributed by atoms with Crippen LogP contribution in [0, 0.1) is 10.8 Å². The zero-order valence-electron chi connectivity index (χ0n) is 15.4. The highest BCUT2D eigenvalue weighted by Crippen LogP contribution is 2.09. The van der Waals surface area contributed by atoms with E-state index >= 15 is 0 Å². The number of carbonyl (C=O) groups is 2. The first-order chi connectivity index (χ1) is 13.3. The lowest BCUT2D eigenvalue weighted by Crippen LogP contribution is -2.46. The van der Waals surface area contributed by atoms with Gasteiger partial charge in [-0.15, -0.1) is 0 Å². The fourth-order valence-corrected chi connectivity index (χ4v) is 2.31. The molecule has 2 aromatic rings. The molecule has 2 aromatic carbocycles. The zero-order chi connectivity index (χ0) is 20.7. The van der Waals surface area contributed by atoms with Gasteiger partial charge in [0.25, 0.3) is 0 Å². The second kappa shape index (κ2) is 9.17. The standard InChI is InChI=1S/C19H23N7O2/c1-11(18(27)24-10-12-2-4-13(5-3-12)16(20)21)25-19(28)26-15-8-6-14(7-9-15)17(22)23/h2-9,11H,10H2,1H3,(H3,20,21)(H3,22,23)(H,24,27)(H2,25,26,28)/t11-/m0/s1. The molecule has 146 valence electrons. The average Bonchev–Trinajstić information content (AvgIpc) is 2.66. The third-order valence-corrected chi connectivity index (χ3v) is 3.93. The Morgan fingerprint density at radius 3 is 1.93 bits per heavy atom. The number of anilines is 1. The van der Waals surface area contributed by atoms with Crippen molar-refractivity contribution in [1.82, 2.24) is 10.6 Å². The Morgan fingerprint density at radius 1 is 0.929 bits per heavy atom. The summed E-state index contributed by atoms with van der Waals surface area (Å²) >= 11 is 0. The van der Waals surface area contributed by atoms with E-state index in [-0.39, 0.29) is 24.1 Å². The summed E-state index contributed by atoms with van der Waals surface area (Å²) in [6, 6.07) is 12.2. The van der Waals surface area contributed by atoms with Crippen LogP contribution in [0.1, 0.15) is 23.6 Å². The van der Waals surface area contributed by atoms with Crippen molar-refractivity contribution in [2.75, 3.05) is 5.32 Å². The minimum Gasteiger partial charge on any atom is -0.384 e. The lowest BCUT2D eigenvalue weighted by Gasteiger charge is -2.15. The van der Waals surface area contributed by atoms with E-state index in [9.17, 15) is 9.59 Å². The third kappa shape index (κ3) is 5.84. The van der Waals surface area contributed by atoms with Crippen LogP contribution >= 0.6 is 0 Å². The van der Waals surface area contributed by atoms with E-state index in [1.165, 1.54) is 0 Å². The Bertz CT molecular complexity index is 876. The number of nitrogens with two attached hydrogens (primary N) is 2. The summed E-state index contributed by atoms with van der Waals surface area (Å²) in [4.78, 5) is 24.2. The molecule has 0 saturated carbocycles. The Kier molecular flexibility index (Phi) is 6.69. The van der Waals surface area contributed by atoms with Crippen LogP contribution < -0.4 is 27.4 Å². The molecule has 9 N–H and O–H groups in total. The first kappa shape index (κ1) is 20.4. The third-order valence-electron chi connectivity index (χ3n) is 3.93. The van der Waals surface area contributed by atoms with Gasteiger partial charge in [0, 0.05) is 23.4 Å². The molecule has 9 heteroatoms. The molecule has 9 nitrogen and oxygen atoms in total.